The van der Waals surface area contributed by atoms with Gasteiger partial charge in [0, 0.05) is 21.6 Å². The second kappa shape index (κ2) is 4.99. The number of nitrogens with zero attached hydrogens (tertiary/aromatic N) is 2. The first-order valence-corrected chi connectivity index (χ1v) is 8.10. The lowest BCUT2D eigenvalue weighted by molar-refractivity contribution is 0.0691. The highest BCUT2D eigenvalue weighted by atomic mass is 79.9. The molecular formula is C14H9BrN2O4S. The van der Waals surface area contributed by atoms with Gasteiger partial charge in [-0.1, -0.05) is 0 Å². The van der Waals surface area contributed by atoms with Crippen molar-refractivity contribution in [3.63, 3.8) is 0 Å². The Balaban J connectivity index is 1.89. The van der Waals surface area contributed by atoms with Gasteiger partial charge >= 0.3 is 5.97 Å². The lowest BCUT2D eigenvalue weighted by Crippen LogP contribution is -2.15. The summed E-state index contributed by atoms with van der Waals surface area (Å²) in [4.78, 5) is 15.8. The van der Waals surface area contributed by atoms with Crippen LogP contribution in [0, 0.1) is 0 Å². The number of benzene rings is 1. The van der Waals surface area contributed by atoms with E-state index in [0.717, 1.165) is 15.7 Å². The van der Waals surface area contributed by atoms with Crippen molar-refractivity contribution in [3.8, 4) is 22.8 Å². The van der Waals surface area contributed by atoms with Crippen LogP contribution in [-0.2, 0) is 0 Å². The van der Waals surface area contributed by atoms with Gasteiger partial charge in [0.1, 0.15) is 13.2 Å². The molecule has 8 heteroatoms. The smallest absolute Gasteiger partial charge is 0.356 e. The van der Waals surface area contributed by atoms with Crippen LogP contribution in [0.2, 0.25) is 0 Å². The maximum atomic E-state index is 11.1. The first-order valence-electron chi connectivity index (χ1n) is 6.43. The minimum atomic E-state index is -1.04. The zero-order chi connectivity index (χ0) is 15.3. The number of carboxylic acid groups (broad SMARTS) is 1. The Bertz CT molecular complexity index is 902. The molecule has 0 fully saturated rings. The molecule has 0 saturated heterocycles. The van der Waals surface area contributed by atoms with Crippen molar-refractivity contribution in [2.75, 3.05) is 13.2 Å². The van der Waals surface area contributed by atoms with Gasteiger partial charge in [0.2, 0.25) is 0 Å². The first-order chi connectivity index (χ1) is 10.6. The first kappa shape index (κ1) is 13.6. The molecule has 2 aromatic heterocycles. The van der Waals surface area contributed by atoms with Crippen LogP contribution in [0.1, 0.15) is 10.5 Å². The van der Waals surface area contributed by atoms with Crippen molar-refractivity contribution < 1.29 is 19.4 Å². The fraction of sp³-hybridized carbons (Fsp3) is 0.143. The van der Waals surface area contributed by atoms with Crippen LogP contribution in [0.15, 0.2) is 28.2 Å². The molecule has 1 aliphatic heterocycles. The summed E-state index contributed by atoms with van der Waals surface area (Å²) < 4.78 is 13.8. The fourth-order valence-corrected chi connectivity index (χ4v) is 3.74. The Morgan fingerprint density at radius 2 is 2.05 bits per heavy atom. The molecule has 3 heterocycles. The molecule has 0 unspecified atom stereocenters. The van der Waals surface area contributed by atoms with Crippen molar-refractivity contribution in [1.29, 1.82) is 0 Å². The maximum Gasteiger partial charge on any atom is 0.356 e. The van der Waals surface area contributed by atoms with Crippen LogP contribution in [-0.4, -0.2) is 33.7 Å². The van der Waals surface area contributed by atoms with Gasteiger partial charge in [-0.3, -0.25) is 4.40 Å². The number of halogens is 1. The second-order valence-electron chi connectivity index (χ2n) is 4.68. The summed E-state index contributed by atoms with van der Waals surface area (Å²) in [5.41, 5.74) is 1.77. The van der Waals surface area contributed by atoms with E-state index in [1.165, 1.54) is 17.5 Å². The number of carboxylic acids is 1. The highest BCUT2D eigenvalue weighted by molar-refractivity contribution is 9.10. The van der Waals surface area contributed by atoms with E-state index in [9.17, 15) is 4.79 Å². The molecule has 0 bridgehead atoms. The molecule has 0 spiro atoms. The summed E-state index contributed by atoms with van der Waals surface area (Å²) >= 11 is 4.93. The summed E-state index contributed by atoms with van der Waals surface area (Å²) in [7, 11) is 0. The fourth-order valence-electron chi connectivity index (χ4n) is 2.34. The number of hydrogen-bond donors (Lipinski definition) is 1. The summed E-state index contributed by atoms with van der Waals surface area (Å²) in [6, 6.07) is 3.75. The Morgan fingerprint density at radius 3 is 2.77 bits per heavy atom. The van der Waals surface area contributed by atoms with Gasteiger partial charge in [0.05, 0.1) is 5.69 Å². The van der Waals surface area contributed by atoms with Crippen LogP contribution in [0.3, 0.4) is 0 Å². The monoisotopic (exact) mass is 380 g/mol. The molecule has 0 saturated carbocycles. The van der Waals surface area contributed by atoms with Crippen LogP contribution in [0.25, 0.3) is 16.2 Å². The number of hydrogen-bond acceptors (Lipinski definition) is 5. The van der Waals surface area contributed by atoms with E-state index in [4.69, 9.17) is 14.6 Å². The zero-order valence-corrected chi connectivity index (χ0v) is 13.5. The minimum Gasteiger partial charge on any atom is -0.486 e. The highest BCUT2D eigenvalue weighted by Crippen LogP contribution is 2.41. The van der Waals surface area contributed by atoms with Gasteiger partial charge in [-0.05, 0) is 28.1 Å². The Labute approximate surface area is 137 Å². The van der Waals surface area contributed by atoms with E-state index in [2.05, 4.69) is 20.9 Å². The van der Waals surface area contributed by atoms with Crippen molar-refractivity contribution in [3.05, 3.63) is 33.9 Å². The van der Waals surface area contributed by atoms with Crippen molar-refractivity contribution in [1.82, 2.24) is 9.38 Å². The normalized spacial score (nSPS) is 13.5. The van der Waals surface area contributed by atoms with E-state index >= 15 is 0 Å². The Morgan fingerprint density at radius 1 is 1.32 bits per heavy atom. The number of aromatic carboxylic acids is 1. The molecule has 3 aromatic rings. The third kappa shape index (κ3) is 2.06. The zero-order valence-electron chi connectivity index (χ0n) is 11.1. The number of aromatic nitrogens is 2. The summed E-state index contributed by atoms with van der Waals surface area (Å²) in [5.74, 6) is 0.343. The van der Waals surface area contributed by atoms with Gasteiger partial charge in [0.15, 0.2) is 22.2 Å². The van der Waals surface area contributed by atoms with Crippen LogP contribution >= 0.6 is 27.3 Å². The summed E-state index contributed by atoms with van der Waals surface area (Å²) in [5, 5.41) is 11.0. The summed E-state index contributed by atoms with van der Waals surface area (Å²) in [6.45, 7) is 1.05. The lowest BCUT2D eigenvalue weighted by Gasteiger charge is -2.19. The largest absolute Gasteiger partial charge is 0.486 e. The molecule has 4 rings (SSSR count). The van der Waals surface area contributed by atoms with Crippen molar-refractivity contribution in [2.45, 2.75) is 0 Å². The predicted octanol–water partition coefficient (Wildman–Crippen LogP) is 3.29. The summed E-state index contributed by atoms with van der Waals surface area (Å²) in [6.07, 6.45) is 1.52. The third-order valence-electron chi connectivity index (χ3n) is 3.34. The molecule has 6 nitrogen and oxygen atoms in total. The van der Waals surface area contributed by atoms with Crippen molar-refractivity contribution >= 4 is 38.2 Å². The molecule has 1 aliphatic rings. The number of ether oxygens (including phenoxy) is 2. The topological polar surface area (TPSA) is 73.1 Å². The molecule has 0 atom stereocenters. The molecule has 0 amide bonds. The quantitative estimate of drug-likeness (QED) is 0.738. The number of thiazole rings is 1. The van der Waals surface area contributed by atoms with E-state index in [1.807, 2.05) is 17.5 Å². The van der Waals surface area contributed by atoms with Gasteiger partial charge in [-0.2, -0.15) is 0 Å². The number of imidazole rings is 1. The molecule has 1 N–H and O–H groups in total. The molecule has 112 valence electrons. The molecule has 22 heavy (non-hydrogen) atoms. The van der Waals surface area contributed by atoms with Gasteiger partial charge in [0.25, 0.3) is 0 Å². The molecule has 1 aromatic carbocycles. The molecular weight excluding hydrogens is 372 g/mol. The Kier molecular flexibility index (Phi) is 3.08. The predicted molar refractivity (Wildman–Crippen MR) is 84.2 cm³/mol. The average molecular weight is 381 g/mol. The van der Waals surface area contributed by atoms with E-state index in [1.54, 1.807) is 4.40 Å². The van der Waals surface area contributed by atoms with Gasteiger partial charge < -0.3 is 14.6 Å². The van der Waals surface area contributed by atoms with E-state index in [-0.39, 0.29) is 5.69 Å². The average Bonchev–Trinajstić information content (AvgIpc) is 3.07. The van der Waals surface area contributed by atoms with Crippen LogP contribution in [0.4, 0.5) is 0 Å². The van der Waals surface area contributed by atoms with Gasteiger partial charge in [-0.15, -0.1) is 11.3 Å². The third-order valence-corrected chi connectivity index (χ3v) is 4.83. The second-order valence-corrected chi connectivity index (χ2v) is 6.37. The molecule has 0 radical (unpaired) electrons. The SMILES string of the molecule is O=C(O)c1cn2c(-c3cc4c(cc3Br)OCCO4)csc2n1. The van der Waals surface area contributed by atoms with Crippen LogP contribution < -0.4 is 9.47 Å². The highest BCUT2D eigenvalue weighted by Gasteiger charge is 2.19. The van der Waals surface area contributed by atoms with Crippen molar-refractivity contribution in [2.24, 2.45) is 0 Å². The Hall–Kier alpha value is -2.06. The van der Waals surface area contributed by atoms with Crippen LogP contribution in [0.5, 0.6) is 11.5 Å². The number of rotatable bonds is 2. The lowest BCUT2D eigenvalue weighted by atomic mass is 10.1. The number of fused-ring (bicyclic) bond motifs is 2. The molecule has 0 aliphatic carbocycles. The number of carbonyl (C=O) groups is 1. The van der Waals surface area contributed by atoms with Gasteiger partial charge in [-0.25, -0.2) is 9.78 Å². The maximum absolute atomic E-state index is 11.1. The van der Waals surface area contributed by atoms with E-state index < -0.39 is 5.97 Å². The van der Waals surface area contributed by atoms with E-state index in [0.29, 0.717) is 29.7 Å². The minimum absolute atomic E-state index is 0.0294. The standard InChI is InChI=1S/C14H9BrN2O4S/c15-8-4-12-11(20-1-2-21-12)3-7(8)10-6-22-14-16-9(13(18)19)5-17(10)14/h3-6H,1-2H2,(H,18,19).